The minimum Gasteiger partial charge on any atom is -0.463 e. The molecule has 0 bridgehead atoms. The molecular formula is C16H24O6. The lowest BCUT2D eigenvalue weighted by atomic mass is 10.0. The van der Waals surface area contributed by atoms with Gasteiger partial charge >= 0.3 is 17.9 Å². The number of carbonyl (C=O) groups excluding carboxylic acids is 3. The van der Waals surface area contributed by atoms with Gasteiger partial charge in [0.2, 0.25) is 0 Å². The van der Waals surface area contributed by atoms with E-state index in [-0.39, 0.29) is 33.2 Å². The zero-order valence-electron chi connectivity index (χ0n) is 11.9. The summed E-state index contributed by atoms with van der Waals surface area (Å²) in [5.41, 5.74) is 0. The molecule has 0 fully saturated rings. The molecule has 0 N–H and O–H groups in total. The second-order valence-corrected chi connectivity index (χ2v) is 4.02. The van der Waals surface area contributed by atoms with Crippen molar-refractivity contribution >= 4 is 17.9 Å². The summed E-state index contributed by atoms with van der Waals surface area (Å²) in [7, 11) is 0. The van der Waals surface area contributed by atoms with Gasteiger partial charge in [-0.05, 0) is 18.8 Å². The predicted octanol–water partition coefficient (Wildman–Crippen LogP) is 2.21. The summed E-state index contributed by atoms with van der Waals surface area (Å²) in [5.74, 6) is -1.68. The zero-order chi connectivity index (χ0) is 16.1. The molecule has 0 saturated carbocycles. The highest BCUT2D eigenvalue weighted by atomic mass is 16.5. The van der Waals surface area contributed by atoms with Gasteiger partial charge in [0.1, 0.15) is 0 Å². The Morgan fingerprint density at radius 1 is 0.773 bits per heavy atom. The highest BCUT2D eigenvalue weighted by Crippen LogP contribution is 2.11. The fraction of sp³-hybridized carbons (Fsp3) is 0.438. The smallest absolute Gasteiger partial charge is 0.330 e. The lowest BCUT2D eigenvalue weighted by Gasteiger charge is -2.16. The number of rotatable bonds is 11. The van der Waals surface area contributed by atoms with E-state index in [0.29, 0.717) is 12.8 Å². The topological polar surface area (TPSA) is 78.9 Å². The minimum absolute atomic E-state index is 0. The molecule has 0 aromatic carbocycles. The third kappa shape index (κ3) is 11.5. The number of hydrogen-bond acceptors (Lipinski definition) is 6. The van der Waals surface area contributed by atoms with Crippen molar-refractivity contribution in [2.75, 3.05) is 19.8 Å². The Morgan fingerprint density at radius 2 is 1.14 bits per heavy atom. The Kier molecular flexibility index (Phi) is 13.6. The number of carbonyl (C=O) groups is 3. The van der Waals surface area contributed by atoms with Gasteiger partial charge in [-0.25, -0.2) is 14.4 Å². The number of ether oxygens (including phenoxy) is 3. The highest BCUT2D eigenvalue weighted by Gasteiger charge is 2.13. The van der Waals surface area contributed by atoms with Crippen molar-refractivity contribution in [1.82, 2.24) is 0 Å². The van der Waals surface area contributed by atoms with Crippen LogP contribution in [0.4, 0.5) is 0 Å². The summed E-state index contributed by atoms with van der Waals surface area (Å²) in [5, 5.41) is 0. The van der Waals surface area contributed by atoms with Crippen LogP contribution in [-0.4, -0.2) is 37.7 Å². The average molecular weight is 312 g/mol. The molecule has 0 unspecified atom stereocenters. The van der Waals surface area contributed by atoms with Crippen LogP contribution in [-0.2, 0) is 28.6 Å². The largest absolute Gasteiger partial charge is 0.463 e. The van der Waals surface area contributed by atoms with Crippen LogP contribution in [0.2, 0.25) is 0 Å². The molecule has 6 nitrogen and oxygen atoms in total. The summed E-state index contributed by atoms with van der Waals surface area (Å²) in [4.78, 5) is 32.9. The molecule has 0 aliphatic heterocycles. The van der Waals surface area contributed by atoms with Crippen LogP contribution >= 0.6 is 0 Å². The molecule has 0 atom stereocenters. The Bertz CT molecular complexity index is 373. The van der Waals surface area contributed by atoms with Crippen molar-refractivity contribution in [2.24, 2.45) is 5.92 Å². The van der Waals surface area contributed by atoms with Gasteiger partial charge in [-0.2, -0.15) is 0 Å². The first kappa shape index (κ1) is 21.9. The maximum atomic E-state index is 11.0. The third-order valence-electron chi connectivity index (χ3n) is 2.50. The Labute approximate surface area is 131 Å². The van der Waals surface area contributed by atoms with Crippen molar-refractivity contribution in [3.63, 3.8) is 0 Å². The van der Waals surface area contributed by atoms with E-state index in [9.17, 15) is 14.4 Å². The second-order valence-electron chi connectivity index (χ2n) is 4.02. The van der Waals surface area contributed by atoms with Gasteiger partial charge in [0.25, 0.3) is 0 Å². The Morgan fingerprint density at radius 3 is 1.50 bits per heavy atom. The van der Waals surface area contributed by atoms with E-state index in [1.165, 1.54) is 0 Å². The van der Waals surface area contributed by atoms with Gasteiger partial charge in [-0.1, -0.05) is 27.2 Å². The molecule has 0 aromatic heterocycles. The Balaban J connectivity index is 0. The molecule has 124 valence electrons. The number of esters is 3. The van der Waals surface area contributed by atoms with Gasteiger partial charge in [0, 0.05) is 18.2 Å². The van der Waals surface area contributed by atoms with E-state index in [2.05, 4.69) is 19.7 Å². The maximum absolute atomic E-state index is 11.0. The van der Waals surface area contributed by atoms with Crippen LogP contribution in [0, 0.1) is 5.92 Å². The van der Waals surface area contributed by atoms with Crippen LogP contribution in [0.15, 0.2) is 38.0 Å². The first-order chi connectivity index (χ1) is 10.0. The fourth-order valence-corrected chi connectivity index (χ4v) is 1.34. The van der Waals surface area contributed by atoms with Gasteiger partial charge < -0.3 is 14.2 Å². The van der Waals surface area contributed by atoms with Crippen LogP contribution in [0.3, 0.4) is 0 Å². The second kappa shape index (κ2) is 13.6. The monoisotopic (exact) mass is 312 g/mol. The van der Waals surface area contributed by atoms with Gasteiger partial charge in [0.15, 0.2) is 0 Å². The molecule has 0 aliphatic carbocycles. The summed E-state index contributed by atoms with van der Waals surface area (Å²) in [6, 6.07) is 0. The molecule has 0 radical (unpaired) electrons. The molecule has 22 heavy (non-hydrogen) atoms. The van der Waals surface area contributed by atoms with E-state index >= 15 is 0 Å². The molecule has 0 rings (SSSR count). The van der Waals surface area contributed by atoms with Crippen LogP contribution in [0.1, 0.15) is 20.3 Å². The van der Waals surface area contributed by atoms with E-state index in [4.69, 9.17) is 14.2 Å². The van der Waals surface area contributed by atoms with Gasteiger partial charge in [0.05, 0.1) is 19.8 Å². The van der Waals surface area contributed by atoms with Crippen molar-refractivity contribution in [3.8, 4) is 0 Å². The lowest BCUT2D eigenvalue weighted by Crippen LogP contribution is -2.18. The van der Waals surface area contributed by atoms with E-state index in [1.54, 1.807) is 0 Å². The fourth-order valence-electron chi connectivity index (χ4n) is 1.34. The molecular weight excluding hydrogens is 288 g/mol. The summed E-state index contributed by atoms with van der Waals surface area (Å²) >= 11 is 0. The predicted molar refractivity (Wildman–Crippen MR) is 82.9 cm³/mol. The third-order valence-corrected chi connectivity index (χ3v) is 2.50. The van der Waals surface area contributed by atoms with Crippen molar-refractivity contribution < 1.29 is 28.6 Å². The van der Waals surface area contributed by atoms with E-state index in [1.807, 2.05) is 0 Å². The summed E-state index contributed by atoms with van der Waals surface area (Å²) < 4.78 is 14.7. The maximum Gasteiger partial charge on any atom is 0.330 e. The average Bonchev–Trinajstić information content (AvgIpc) is 2.50. The lowest BCUT2D eigenvalue weighted by molar-refractivity contribution is -0.143. The minimum atomic E-state index is -0.536. The van der Waals surface area contributed by atoms with Crippen molar-refractivity contribution in [2.45, 2.75) is 20.3 Å². The Hall–Kier alpha value is -2.37. The van der Waals surface area contributed by atoms with Gasteiger partial charge in [-0.3, -0.25) is 0 Å². The van der Waals surface area contributed by atoms with E-state index in [0.717, 1.165) is 18.2 Å². The number of hydrogen-bond donors (Lipinski definition) is 0. The molecule has 6 heteroatoms. The van der Waals surface area contributed by atoms with Crippen molar-refractivity contribution in [3.05, 3.63) is 38.0 Å². The first-order valence-corrected chi connectivity index (χ1v) is 6.41. The van der Waals surface area contributed by atoms with Crippen LogP contribution < -0.4 is 0 Å². The SMILES string of the molecule is C.C=CC(=O)OCCC(CCOC(=O)C=C)COC(=O)C=C. The summed E-state index contributed by atoms with van der Waals surface area (Å²) in [6.45, 7) is 10.3. The molecule has 0 saturated heterocycles. The highest BCUT2D eigenvalue weighted by molar-refractivity contribution is 5.81. The zero-order valence-corrected chi connectivity index (χ0v) is 11.9. The molecule has 0 spiro atoms. The molecule has 0 heterocycles. The standard InChI is InChI=1S/C15H20O6.CH4/c1-4-13(16)19-9-7-12(11-21-15(18)6-3)8-10-20-14(17)5-2;/h4-6,12H,1-3,7-11H2;1H4. The molecule has 0 amide bonds. The summed E-state index contributed by atoms with van der Waals surface area (Å²) in [6.07, 6.45) is 4.13. The normalized spacial score (nSPS) is 9.14. The molecule has 0 aromatic rings. The van der Waals surface area contributed by atoms with Crippen LogP contribution in [0.5, 0.6) is 0 Å². The quantitative estimate of drug-likeness (QED) is 0.331. The van der Waals surface area contributed by atoms with Gasteiger partial charge in [-0.15, -0.1) is 0 Å². The van der Waals surface area contributed by atoms with Crippen molar-refractivity contribution in [1.29, 1.82) is 0 Å². The van der Waals surface area contributed by atoms with Crippen LogP contribution in [0.25, 0.3) is 0 Å². The molecule has 0 aliphatic rings. The van der Waals surface area contributed by atoms with E-state index < -0.39 is 17.9 Å². The first-order valence-electron chi connectivity index (χ1n) is 6.41.